The molecule has 1 fully saturated rings. The number of nitrogens with one attached hydrogen (secondary N) is 2. The standard InChI is InChI=1S/C22H27N3O5S/c1-31(28,29)25(15-17-8-3-2-4-9-17)16-21(26)24-20-12-6-5-11-19(20)22(27)23-14-18-10-7-13-30-18/h2-6,8-9,11-12,18H,7,10,13-16H2,1H3,(H,23,27)(H,24,26). The highest BCUT2D eigenvalue weighted by molar-refractivity contribution is 7.88. The van der Waals surface area contributed by atoms with Gasteiger partial charge in [-0.1, -0.05) is 42.5 Å². The zero-order chi connectivity index (χ0) is 22.3. The van der Waals surface area contributed by atoms with Crippen molar-refractivity contribution in [1.82, 2.24) is 9.62 Å². The van der Waals surface area contributed by atoms with Crippen LogP contribution in [0.3, 0.4) is 0 Å². The van der Waals surface area contributed by atoms with E-state index in [0.29, 0.717) is 24.4 Å². The Kier molecular flexibility index (Phi) is 7.78. The lowest BCUT2D eigenvalue weighted by atomic mass is 10.1. The molecule has 2 N–H and O–H groups in total. The number of para-hydroxylation sites is 1. The summed E-state index contributed by atoms with van der Waals surface area (Å²) in [7, 11) is -3.62. The molecule has 8 nitrogen and oxygen atoms in total. The van der Waals surface area contributed by atoms with Crippen molar-refractivity contribution in [3.05, 3.63) is 65.7 Å². The van der Waals surface area contributed by atoms with Crippen LogP contribution in [0.1, 0.15) is 28.8 Å². The van der Waals surface area contributed by atoms with Crippen molar-refractivity contribution >= 4 is 27.5 Å². The largest absolute Gasteiger partial charge is 0.376 e. The quantitative estimate of drug-likeness (QED) is 0.614. The highest BCUT2D eigenvalue weighted by Gasteiger charge is 2.22. The number of hydrogen-bond donors (Lipinski definition) is 2. The molecule has 1 atom stereocenters. The summed E-state index contributed by atoms with van der Waals surface area (Å²) in [6.45, 7) is 0.823. The number of nitrogens with zero attached hydrogens (tertiary/aromatic N) is 1. The summed E-state index contributed by atoms with van der Waals surface area (Å²) in [5.41, 5.74) is 1.41. The number of anilines is 1. The van der Waals surface area contributed by atoms with E-state index in [0.717, 1.165) is 29.0 Å². The lowest BCUT2D eigenvalue weighted by Crippen LogP contribution is -2.37. The van der Waals surface area contributed by atoms with Crippen molar-refractivity contribution in [2.45, 2.75) is 25.5 Å². The summed E-state index contributed by atoms with van der Waals surface area (Å²) in [5.74, 6) is -0.851. The van der Waals surface area contributed by atoms with E-state index >= 15 is 0 Å². The van der Waals surface area contributed by atoms with Crippen LogP contribution >= 0.6 is 0 Å². The first kappa shape index (κ1) is 22.9. The molecule has 0 bridgehead atoms. The maximum atomic E-state index is 12.6. The fraction of sp³-hybridized carbons (Fsp3) is 0.364. The SMILES string of the molecule is CS(=O)(=O)N(CC(=O)Nc1ccccc1C(=O)NCC1CCCO1)Cc1ccccc1. The summed E-state index contributed by atoms with van der Waals surface area (Å²) in [5, 5.41) is 5.50. The van der Waals surface area contributed by atoms with Gasteiger partial charge < -0.3 is 15.4 Å². The van der Waals surface area contributed by atoms with Gasteiger partial charge in [0, 0.05) is 19.7 Å². The second-order valence-corrected chi connectivity index (χ2v) is 9.44. The zero-order valence-electron chi connectivity index (χ0n) is 17.4. The van der Waals surface area contributed by atoms with Crippen LogP contribution in [0, 0.1) is 0 Å². The minimum Gasteiger partial charge on any atom is -0.376 e. The summed E-state index contributed by atoms with van der Waals surface area (Å²) in [6.07, 6.45) is 2.96. The summed E-state index contributed by atoms with van der Waals surface area (Å²) in [6, 6.07) is 15.7. The second-order valence-electron chi connectivity index (χ2n) is 7.46. The van der Waals surface area contributed by atoms with Gasteiger partial charge in [-0.25, -0.2) is 8.42 Å². The van der Waals surface area contributed by atoms with Crippen molar-refractivity contribution in [2.24, 2.45) is 0 Å². The van der Waals surface area contributed by atoms with E-state index in [-0.39, 0.29) is 25.1 Å². The van der Waals surface area contributed by atoms with Gasteiger partial charge in [-0.05, 0) is 30.5 Å². The Morgan fingerprint density at radius 3 is 2.48 bits per heavy atom. The molecule has 1 aliphatic heterocycles. The van der Waals surface area contributed by atoms with Gasteiger partial charge in [0.1, 0.15) is 0 Å². The maximum Gasteiger partial charge on any atom is 0.253 e. The Hall–Kier alpha value is -2.75. The normalized spacial score (nSPS) is 16.3. The third-order valence-corrected chi connectivity index (χ3v) is 6.15. The van der Waals surface area contributed by atoms with Crippen molar-refractivity contribution < 1.29 is 22.7 Å². The number of hydrogen-bond acceptors (Lipinski definition) is 5. The van der Waals surface area contributed by atoms with E-state index in [2.05, 4.69) is 10.6 Å². The van der Waals surface area contributed by atoms with Crippen LogP contribution in [0.15, 0.2) is 54.6 Å². The molecule has 1 aliphatic rings. The first-order chi connectivity index (χ1) is 14.8. The molecule has 2 amide bonds. The van der Waals surface area contributed by atoms with Crippen LogP contribution in [-0.4, -0.2) is 56.6 Å². The van der Waals surface area contributed by atoms with E-state index in [1.165, 1.54) is 0 Å². The van der Waals surface area contributed by atoms with E-state index in [4.69, 9.17) is 4.74 Å². The number of benzene rings is 2. The predicted molar refractivity (Wildman–Crippen MR) is 118 cm³/mol. The van der Waals surface area contributed by atoms with Gasteiger partial charge in [-0.15, -0.1) is 0 Å². The van der Waals surface area contributed by atoms with E-state index in [9.17, 15) is 18.0 Å². The van der Waals surface area contributed by atoms with Crippen LogP contribution in [0.2, 0.25) is 0 Å². The molecule has 2 aromatic rings. The zero-order valence-corrected chi connectivity index (χ0v) is 18.2. The summed E-state index contributed by atoms with van der Waals surface area (Å²) in [4.78, 5) is 25.2. The Morgan fingerprint density at radius 2 is 1.81 bits per heavy atom. The predicted octanol–water partition coefficient (Wildman–Crippen LogP) is 2.00. The van der Waals surface area contributed by atoms with Crippen molar-refractivity contribution in [1.29, 1.82) is 0 Å². The number of sulfonamides is 1. The Morgan fingerprint density at radius 1 is 1.10 bits per heavy atom. The topological polar surface area (TPSA) is 105 Å². The van der Waals surface area contributed by atoms with E-state index < -0.39 is 15.9 Å². The molecule has 0 saturated carbocycles. The summed E-state index contributed by atoms with van der Waals surface area (Å²) >= 11 is 0. The number of ether oxygens (including phenoxy) is 1. The van der Waals surface area contributed by atoms with E-state index in [1.807, 2.05) is 6.07 Å². The fourth-order valence-corrected chi connectivity index (χ4v) is 4.06. The van der Waals surface area contributed by atoms with Crippen LogP contribution in [0.25, 0.3) is 0 Å². The van der Waals surface area contributed by atoms with Gasteiger partial charge in [0.2, 0.25) is 15.9 Å². The monoisotopic (exact) mass is 445 g/mol. The molecule has 166 valence electrons. The number of amides is 2. The minimum atomic E-state index is -3.62. The minimum absolute atomic E-state index is 0.00649. The van der Waals surface area contributed by atoms with Crippen LogP contribution in [-0.2, 0) is 26.1 Å². The highest BCUT2D eigenvalue weighted by atomic mass is 32.2. The molecule has 0 spiro atoms. The van der Waals surface area contributed by atoms with Gasteiger partial charge in [0.05, 0.1) is 30.2 Å². The number of carbonyl (C=O) groups is 2. The third kappa shape index (κ3) is 6.88. The summed E-state index contributed by atoms with van der Waals surface area (Å²) < 4.78 is 31.0. The molecule has 2 aromatic carbocycles. The maximum absolute atomic E-state index is 12.6. The van der Waals surface area contributed by atoms with Crippen LogP contribution < -0.4 is 10.6 Å². The van der Waals surface area contributed by atoms with Gasteiger partial charge in [-0.3, -0.25) is 9.59 Å². The highest BCUT2D eigenvalue weighted by Crippen LogP contribution is 2.17. The van der Waals surface area contributed by atoms with Gasteiger partial charge >= 0.3 is 0 Å². The molecule has 3 rings (SSSR count). The first-order valence-corrected chi connectivity index (χ1v) is 12.0. The number of carbonyl (C=O) groups excluding carboxylic acids is 2. The molecular weight excluding hydrogens is 418 g/mol. The molecule has 1 heterocycles. The van der Waals surface area contributed by atoms with Gasteiger partial charge in [-0.2, -0.15) is 4.31 Å². The number of rotatable bonds is 9. The molecule has 31 heavy (non-hydrogen) atoms. The molecule has 0 aliphatic carbocycles. The van der Waals surface area contributed by atoms with Gasteiger partial charge in [0.15, 0.2) is 0 Å². The van der Waals surface area contributed by atoms with Crippen molar-refractivity contribution in [2.75, 3.05) is 31.3 Å². The second kappa shape index (κ2) is 10.5. The van der Waals surface area contributed by atoms with Crippen LogP contribution in [0.4, 0.5) is 5.69 Å². The third-order valence-electron chi connectivity index (χ3n) is 4.95. The lowest BCUT2D eigenvalue weighted by Gasteiger charge is -2.20. The molecule has 0 radical (unpaired) electrons. The molecule has 0 aromatic heterocycles. The van der Waals surface area contributed by atoms with Crippen molar-refractivity contribution in [3.8, 4) is 0 Å². The van der Waals surface area contributed by atoms with Gasteiger partial charge in [0.25, 0.3) is 5.91 Å². The average Bonchev–Trinajstić information content (AvgIpc) is 3.26. The molecule has 1 saturated heterocycles. The smallest absolute Gasteiger partial charge is 0.253 e. The fourth-order valence-electron chi connectivity index (χ4n) is 3.32. The van der Waals surface area contributed by atoms with Crippen LogP contribution in [0.5, 0.6) is 0 Å². The van der Waals surface area contributed by atoms with E-state index in [1.54, 1.807) is 48.5 Å². The lowest BCUT2D eigenvalue weighted by molar-refractivity contribution is -0.116. The molecule has 9 heteroatoms. The first-order valence-electron chi connectivity index (χ1n) is 10.1. The Balaban J connectivity index is 1.65. The average molecular weight is 446 g/mol. The Bertz CT molecular complexity index is 1000. The molecular formula is C22H27N3O5S. The van der Waals surface area contributed by atoms with Crippen molar-refractivity contribution in [3.63, 3.8) is 0 Å². The Labute approximate surface area is 182 Å². The molecule has 1 unspecified atom stereocenters.